The van der Waals surface area contributed by atoms with Crippen molar-refractivity contribution in [2.24, 2.45) is 0 Å². The van der Waals surface area contributed by atoms with E-state index < -0.39 is 17.7 Å². The maximum absolute atomic E-state index is 13.7. The molecule has 1 N–H and O–H groups in total. The van der Waals surface area contributed by atoms with Crippen LogP contribution in [0.3, 0.4) is 0 Å². The minimum Gasteiger partial charge on any atom is -0.507 e. The normalized spacial score (nSPS) is 16.0. The Morgan fingerprint density at radius 2 is 1.66 bits per heavy atom. The Balaban J connectivity index is 1.42. The highest BCUT2D eigenvalue weighted by molar-refractivity contribution is 7.22. The number of Topliss-reactive ketones (excluding diaryl/α,β-unsaturated/α-hetero) is 1. The van der Waals surface area contributed by atoms with Gasteiger partial charge in [-0.1, -0.05) is 72.9 Å². The van der Waals surface area contributed by atoms with E-state index in [9.17, 15) is 14.7 Å². The van der Waals surface area contributed by atoms with Gasteiger partial charge in [-0.05, 0) is 60.0 Å². The molecule has 222 valence electrons. The quantitative estimate of drug-likeness (QED) is 0.101. The van der Waals surface area contributed by atoms with Crippen LogP contribution in [0.4, 0.5) is 5.13 Å². The third-order valence-electron chi connectivity index (χ3n) is 7.26. The van der Waals surface area contributed by atoms with Crippen LogP contribution in [0, 0.1) is 0 Å². The number of ketones is 1. The van der Waals surface area contributed by atoms with E-state index in [1.165, 1.54) is 16.2 Å². The summed E-state index contributed by atoms with van der Waals surface area (Å²) in [5, 5.41) is 11.9. The minimum atomic E-state index is -0.930. The Morgan fingerprint density at radius 1 is 0.886 bits per heavy atom. The second-order valence-corrected chi connectivity index (χ2v) is 11.2. The van der Waals surface area contributed by atoms with Crippen LogP contribution >= 0.6 is 11.3 Å². The fourth-order valence-electron chi connectivity index (χ4n) is 5.06. The monoisotopic (exact) mass is 606 g/mol. The average Bonchev–Trinajstić information content (AvgIpc) is 3.60. The van der Waals surface area contributed by atoms with Crippen LogP contribution in [0.2, 0.25) is 0 Å². The molecule has 0 radical (unpaired) electrons. The number of ether oxygens (including phenoxy) is 3. The van der Waals surface area contributed by atoms with Crippen molar-refractivity contribution in [2.75, 3.05) is 18.6 Å². The zero-order valence-corrected chi connectivity index (χ0v) is 25.0. The number of carbonyl (C=O) groups excluding carboxylic acids is 2. The summed E-state index contributed by atoms with van der Waals surface area (Å²) >= 11 is 1.27. The number of fused-ring (bicyclic) bond motifs is 1. The summed E-state index contributed by atoms with van der Waals surface area (Å²) in [5.41, 5.74) is 2.66. The topological polar surface area (TPSA) is 98.2 Å². The second kappa shape index (κ2) is 12.6. The van der Waals surface area contributed by atoms with E-state index in [0.717, 1.165) is 16.7 Å². The maximum Gasteiger partial charge on any atom is 0.301 e. The summed E-state index contributed by atoms with van der Waals surface area (Å²) in [6.07, 6.45) is 0.820. The smallest absolute Gasteiger partial charge is 0.301 e. The molecule has 1 amide bonds. The molecule has 1 aliphatic rings. The largest absolute Gasteiger partial charge is 0.507 e. The molecule has 6 rings (SSSR count). The van der Waals surface area contributed by atoms with Crippen molar-refractivity contribution in [3.8, 4) is 17.2 Å². The van der Waals surface area contributed by atoms with E-state index in [1.54, 1.807) is 67.8 Å². The molecule has 8 nitrogen and oxygen atoms in total. The Kier molecular flexibility index (Phi) is 8.29. The lowest BCUT2D eigenvalue weighted by atomic mass is 9.95. The van der Waals surface area contributed by atoms with Gasteiger partial charge in [0.1, 0.15) is 29.6 Å². The summed E-state index contributed by atoms with van der Waals surface area (Å²) in [5.74, 6) is -0.0179. The predicted molar refractivity (Wildman–Crippen MR) is 170 cm³/mol. The maximum atomic E-state index is 13.7. The highest BCUT2D eigenvalue weighted by Crippen LogP contribution is 2.45. The molecule has 1 aliphatic heterocycles. The first-order valence-electron chi connectivity index (χ1n) is 14.2. The molecular formula is C35H30N2O6S. The van der Waals surface area contributed by atoms with E-state index in [4.69, 9.17) is 19.2 Å². The third kappa shape index (κ3) is 5.74. The number of hydrogen-bond donors (Lipinski definition) is 1. The number of thiazole rings is 1. The van der Waals surface area contributed by atoms with Crippen LogP contribution in [0.5, 0.6) is 17.2 Å². The Bertz CT molecular complexity index is 1850. The lowest BCUT2D eigenvalue weighted by Gasteiger charge is -2.23. The van der Waals surface area contributed by atoms with Gasteiger partial charge in [-0.3, -0.25) is 14.5 Å². The summed E-state index contributed by atoms with van der Waals surface area (Å²) in [4.78, 5) is 33.4. The van der Waals surface area contributed by atoms with Crippen molar-refractivity contribution < 1.29 is 28.9 Å². The van der Waals surface area contributed by atoms with Gasteiger partial charge < -0.3 is 19.3 Å². The average molecular weight is 607 g/mol. The number of carbonyl (C=O) groups is 2. The van der Waals surface area contributed by atoms with Gasteiger partial charge in [-0.15, -0.1) is 0 Å². The van der Waals surface area contributed by atoms with E-state index in [1.807, 2.05) is 43.3 Å². The predicted octanol–water partition coefficient (Wildman–Crippen LogP) is 7.30. The molecule has 1 fully saturated rings. The van der Waals surface area contributed by atoms with Crippen LogP contribution in [-0.2, 0) is 16.2 Å². The van der Waals surface area contributed by atoms with Crippen LogP contribution in [-0.4, -0.2) is 35.5 Å². The van der Waals surface area contributed by atoms with E-state index in [2.05, 4.69) is 0 Å². The first kappa shape index (κ1) is 28.9. The summed E-state index contributed by atoms with van der Waals surface area (Å²) in [6, 6.07) is 28.4. The molecule has 0 spiro atoms. The Labute approximate surface area is 258 Å². The van der Waals surface area contributed by atoms with E-state index in [0.29, 0.717) is 52.2 Å². The van der Waals surface area contributed by atoms with Crippen LogP contribution in [0.15, 0.2) is 103 Å². The number of methoxy groups -OCH3 is 1. The number of aliphatic hydroxyl groups excluding tert-OH is 1. The van der Waals surface area contributed by atoms with E-state index in [-0.39, 0.29) is 11.3 Å². The third-order valence-corrected chi connectivity index (χ3v) is 8.28. The molecule has 1 saturated heterocycles. The van der Waals surface area contributed by atoms with Gasteiger partial charge >= 0.3 is 5.91 Å². The molecule has 44 heavy (non-hydrogen) atoms. The fourth-order valence-corrected chi connectivity index (χ4v) is 6.08. The standard InChI is InChI=1S/C35H30N2O6S/c1-3-18-42-27-11-7-10-24(19-27)32(38)30-31(23-12-14-25(15-13-23)43-21-22-8-5-4-6-9-22)37(34(40)33(30)39)35-36-28-17-16-26(41-2)20-29(28)44-35/h4-17,19-20,31,38H,3,18,21H2,1-2H3. The lowest BCUT2D eigenvalue weighted by molar-refractivity contribution is -0.132. The van der Waals surface area contributed by atoms with Crippen molar-refractivity contribution in [3.05, 3.63) is 119 Å². The molecule has 1 aromatic heterocycles. The SMILES string of the molecule is CCCOc1cccc(C(O)=C2C(=O)C(=O)N(c3nc4ccc(OC)cc4s3)C2c2ccc(OCc3ccccc3)cc2)c1. The second-order valence-electron chi connectivity index (χ2n) is 10.2. The van der Waals surface area contributed by atoms with Gasteiger partial charge in [0.2, 0.25) is 0 Å². The minimum absolute atomic E-state index is 0.0302. The first-order chi connectivity index (χ1) is 21.5. The van der Waals surface area contributed by atoms with Crippen LogP contribution in [0.1, 0.15) is 36.1 Å². The van der Waals surface area contributed by atoms with Gasteiger partial charge in [-0.25, -0.2) is 4.98 Å². The van der Waals surface area contributed by atoms with Crippen LogP contribution < -0.4 is 19.1 Å². The number of anilines is 1. The molecule has 0 bridgehead atoms. The van der Waals surface area contributed by atoms with Gasteiger partial charge in [-0.2, -0.15) is 0 Å². The first-order valence-corrected chi connectivity index (χ1v) is 15.0. The van der Waals surface area contributed by atoms with Crippen LogP contribution in [0.25, 0.3) is 16.0 Å². The highest BCUT2D eigenvalue weighted by Gasteiger charge is 2.48. The lowest BCUT2D eigenvalue weighted by Crippen LogP contribution is -2.29. The summed E-state index contributed by atoms with van der Waals surface area (Å²) in [7, 11) is 1.58. The molecule has 9 heteroatoms. The molecule has 1 unspecified atom stereocenters. The van der Waals surface area contributed by atoms with Crippen molar-refractivity contribution >= 4 is 44.1 Å². The number of hydrogen-bond acceptors (Lipinski definition) is 8. The number of amides is 1. The van der Waals surface area contributed by atoms with Crippen molar-refractivity contribution in [1.82, 2.24) is 4.98 Å². The number of rotatable bonds is 10. The van der Waals surface area contributed by atoms with Crippen molar-refractivity contribution in [1.29, 1.82) is 0 Å². The highest BCUT2D eigenvalue weighted by atomic mass is 32.1. The number of nitrogens with zero attached hydrogens (tertiary/aromatic N) is 2. The Hall–Kier alpha value is -5.15. The number of aromatic nitrogens is 1. The summed E-state index contributed by atoms with van der Waals surface area (Å²) < 4.78 is 17.9. The molecule has 1 atom stereocenters. The summed E-state index contributed by atoms with van der Waals surface area (Å²) in [6.45, 7) is 2.90. The molecule has 4 aromatic carbocycles. The van der Waals surface area contributed by atoms with Crippen molar-refractivity contribution in [3.63, 3.8) is 0 Å². The fraction of sp³-hybridized carbons (Fsp3) is 0.171. The van der Waals surface area contributed by atoms with E-state index >= 15 is 0 Å². The molecule has 0 saturated carbocycles. The van der Waals surface area contributed by atoms with Gasteiger partial charge in [0.15, 0.2) is 5.13 Å². The number of aliphatic hydroxyl groups is 1. The molecule has 2 heterocycles. The zero-order chi connectivity index (χ0) is 30.6. The molecule has 5 aromatic rings. The van der Waals surface area contributed by atoms with Gasteiger partial charge in [0.25, 0.3) is 5.78 Å². The van der Waals surface area contributed by atoms with Gasteiger partial charge in [0, 0.05) is 5.56 Å². The number of benzene rings is 4. The van der Waals surface area contributed by atoms with Crippen molar-refractivity contribution in [2.45, 2.75) is 26.0 Å². The zero-order valence-electron chi connectivity index (χ0n) is 24.2. The molecule has 0 aliphatic carbocycles. The Morgan fingerprint density at radius 3 is 2.41 bits per heavy atom. The van der Waals surface area contributed by atoms with Gasteiger partial charge in [0.05, 0.1) is 35.5 Å². The molecular weight excluding hydrogens is 576 g/mol.